The summed E-state index contributed by atoms with van der Waals surface area (Å²) >= 11 is 1.50. The van der Waals surface area contributed by atoms with Crippen molar-refractivity contribution in [3.8, 4) is 0 Å². The monoisotopic (exact) mass is 264 g/mol. The molecule has 0 aliphatic carbocycles. The van der Waals surface area contributed by atoms with Crippen molar-refractivity contribution >= 4 is 23.1 Å². The summed E-state index contributed by atoms with van der Waals surface area (Å²) in [6.45, 7) is 3.81. The van der Waals surface area contributed by atoms with Gasteiger partial charge in [0.15, 0.2) is 5.69 Å². The molecule has 0 saturated heterocycles. The molecule has 0 aliphatic rings. The van der Waals surface area contributed by atoms with Crippen molar-refractivity contribution < 1.29 is 9.90 Å². The fourth-order valence-electron chi connectivity index (χ4n) is 1.40. The Labute approximate surface area is 108 Å². The number of aromatic nitrogens is 3. The van der Waals surface area contributed by atoms with E-state index in [0.29, 0.717) is 5.82 Å². The number of hydrogen-bond donors (Lipinski definition) is 2. The lowest BCUT2D eigenvalue weighted by atomic mass is 10.3. The van der Waals surface area contributed by atoms with Crippen molar-refractivity contribution in [3.63, 3.8) is 0 Å². The molecule has 6 nitrogen and oxygen atoms in total. The van der Waals surface area contributed by atoms with Gasteiger partial charge < -0.3 is 10.4 Å². The van der Waals surface area contributed by atoms with Crippen LogP contribution in [-0.2, 0) is 0 Å². The van der Waals surface area contributed by atoms with E-state index in [1.54, 1.807) is 12.1 Å². The van der Waals surface area contributed by atoms with Crippen LogP contribution in [0, 0.1) is 6.92 Å². The average Bonchev–Trinajstić information content (AvgIpc) is 2.76. The smallest absolute Gasteiger partial charge is 0.354 e. The molecule has 2 aromatic heterocycles. The summed E-state index contributed by atoms with van der Waals surface area (Å²) in [4.78, 5) is 14.8. The second-order valence-corrected chi connectivity index (χ2v) is 4.95. The number of aromatic carboxylic acids is 1. The third-order valence-electron chi connectivity index (χ3n) is 2.24. The van der Waals surface area contributed by atoms with Crippen LogP contribution in [0.3, 0.4) is 0 Å². The Bertz CT molecular complexity index is 570. The summed E-state index contributed by atoms with van der Waals surface area (Å²) in [6.07, 6.45) is 0. The zero-order valence-corrected chi connectivity index (χ0v) is 10.7. The molecule has 0 amide bonds. The van der Waals surface area contributed by atoms with Crippen molar-refractivity contribution in [1.82, 2.24) is 15.2 Å². The van der Waals surface area contributed by atoms with E-state index in [4.69, 9.17) is 5.11 Å². The van der Waals surface area contributed by atoms with Gasteiger partial charge in [-0.2, -0.15) is 0 Å². The van der Waals surface area contributed by atoms with E-state index in [9.17, 15) is 4.79 Å². The Hall–Kier alpha value is -2.02. The molecule has 2 N–H and O–H groups in total. The van der Waals surface area contributed by atoms with E-state index in [2.05, 4.69) is 20.5 Å². The predicted octanol–water partition coefficient (Wildman–Crippen LogP) is 2.11. The summed E-state index contributed by atoms with van der Waals surface area (Å²) in [6, 6.07) is 4.76. The van der Waals surface area contributed by atoms with Crippen LogP contribution < -0.4 is 5.32 Å². The normalized spacial score (nSPS) is 12.1. The van der Waals surface area contributed by atoms with Crippen LogP contribution in [0.25, 0.3) is 0 Å². The second-order valence-electron chi connectivity index (χ2n) is 3.74. The van der Waals surface area contributed by atoms with Crippen molar-refractivity contribution in [2.45, 2.75) is 19.9 Å². The van der Waals surface area contributed by atoms with E-state index in [1.165, 1.54) is 17.4 Å². The van der Waals surface area contributed by atoms with Gasteiger partial charge in [-0.1, -0.05) is 17.4 Å². The first kappa shape index (κ1) is 12.4. The third-order valence-corrected chi connectivity index (χ3v) is 3.27. The topological polar surface area (TPSA) is 88.0 Å². The molecule has 2 rings (SSSR count). The molecule has 1 atom stereocenters. The number of carboxylic acid groups (broad SMARTS) is 1. The highest BCUT2D eigenvalue weighted by Gasteiger charge is 2.12. The summed E-state index contributed by atoms with van der Waals surface area (Å²) in [5.74, 6) is -0.534. The summed E-state index contributed by atoms with van der Waals surface area (Å²) in [5, 5.41) is 21.7. The predicted molar refractivity (Wildman–Crippen MR) is 67.9 cm³/mol. The van der Waals surface area contributed by atoms with Crippen LogP contribution in [0.1, 0.15) is 33.5 Å². The van der Waals surface area contributed by atoms with Gasteiger partial charge in [0, 0.05) is 0 Å². The average molecular weight is 264 g/mol. The molecule has 0 radical (unpaired) electrons. The highest BCUT2D eigenvalue weighted by atomic mass is 32.1. The number of anilines is 1. The number of carboxylic acids is 1. The highest BCUT2D eigenvalue weighted by Crippen LogP contribution is 2.20. The van der Waals surface area contributed by atoms with E-state index in [-0.39, 0.29) is 11.7 Å². The summed E-state index contributed by atoms with van der Waals surface area (Å²) in [7, 11) is 0. The molecule has 0 aromatic carbocycles. The maximum absolute atomic E-state index is 10.8. The lowest BCUT2D eigenvalue weighted by Crippen LogP contribution is -2.09. The molecule has 2 aromatic rings. The Kier molecular flexibility index (Phi) is 3.52. The standard InChI is InChI=1S/C11H12N4O2S/c1-6(10-15-14-7(2)18-10)12-9-5-3-4-8(13-9)11(16)17/h3-6H,1-2H3,(H,12,13)(H,16,17). The summed E-state index contributed by atoms with van der Waals surface area (Å²) < 4.78 is 0. The minimum absolute atomic E-state index is 0.0145. The van der Waals surface area contributed by atoms with Gasteiger partial charge in [-0.05, 0) is 26.0 Å². The quantitative estimate of drug-likeness (QED) is 0.879. The molecule has 18 heavy (non-hydrogen) atoms. The molecular formula is C11H12N4O2S. The van der Waals surface area contributed by atoms with Gasteiger partial charge in [0.1, 0.15) is 15.8 Å². The molecular weight excluding hydrogens is 252 g/mol. The van der Waals surface area contributed by atoms with E-state index in [0.717, 1.165) is 10.0 Å². The van der Waals surface area contributed by atoms with Gasteiger partial charge in [-0.15, -0.1) is 10.2 Å². The Morgan fingerprint density at radius 3 is 2.83 bits per heavy atom. The van der Waals surface area contributed by atoms with Crippen LogP contribution in [-0.4, -0.2) is 26.3 Å². The minimum Gasteiger partial charge on any atom is -0.477 e. The number of aryl methyl sites for hydroxylation is 1. The highest BCUT2D eigenvalue weighted by molar-refractivity contribution is 7.11. The lowest BCUT2D eigenvalue weighted by molar-refractivity contribution is 0.0690. The maximum Gasteiger partial charge on any atom is 0.354 e. The maximum atomic E-state index is 10.8. The number of pyridine rings is 1. The van der Waals surface area contributed by atoms with Crippen molar-refractivity contribution in [1.29, 1.82) is 0 Å². The van der Waals surface area contributed by atoms with Gasteiger partial charge in [0.2, 0.25) is 0 Å². The molecule has 7 heteroatoms. The SMILES string of the molecule is Cc1nnc(C(C)Nc2cccc(C(=O)O)n2)s1. The van der Waals surface area contributed by atoms with E-state index < -0.39 is 5.97 Å². The number of carbonyl (C=O) groups is 1. The molecule has 94 valence electrons. The first-order valence-corrected chi connectivity index (χ1v) is 6.15. The lowest BCUT2D eigenvalue weighted by Gasteiger charge is -2.11. The zero-order valence-electron chi connectivity index (χ0n) is 9.91. The minimum atomic E-state index is -1.04. The van der Waals surface area contributed by atoms with Crippen molar-refractivity contribution in [3.05, 3.63) is 33.9 Å². The van der Waals surface area contributed by atoms with Crippen LogP contribution in [0.4, 0.5) is 5.82 Å². The van der Waals surface area contributed by atoms with E-state index >= 15 is 0 Å². The largest absolute Gasteiger partial charge is 0.477 e. The van der Waals surface area contributed by atoms with Gasteiger partial charge in [0.25, 0.3) is 0 Å². The number of hydrogen-bond acceptors (Lipinski definition) is 6. The molecule has 0 fully saturated rings. The van der Waals surface area contributed by atoms with Gasteiger partial charge in [0.05, 0.1) is 6.04 Å². The van der Waals surface area contributed by atoms with Gasteiger partial charge >= 0.3 is 5.97 Å². The fourth-order valence-corrected chi connectivity index (χ4v) is 2.11. The molecule has 2 heterocycles. The molecule has 0 saturated carbocycles. The van der Waals surface area contributed by atoms with Crippen LogP contribution in [0.2, 0.25) is 0 Å². The molecule has 0 bridgehead atoms. The van der Waals surface area contributed by atoms with Crippen molar-refractivity contribution in [2.24, 2.45) is 0 Å². The first-order chi connectivity index (χ1) is 8.56. The Morgan fingerprint density at radius 1 is 1.44 bits per heavy atom. The zero-order chi connectivity index (χ0) is 13.1. The van der Waals surface area contributed by atoms with E-state index in [1.807, 2.05) is 13.8 Å². The fraction of sp³-hybridized carbons (Fsp3) is 0.273. The van der Waals surface area contributed by atoms with Gasteiger partial charge in [-0.25, -0.2) is 9.78 Å². The Balaban J connectivity index is 2.14. The van der Waals surface area contributed by atoms with Crippen LogP contribution >= 0.6 is 11.3 Å². The van der Waals surface area contributed by atoms with Crippen LogP contribution in [0.5, 0.6) is 0 Å². The van der Waals surface area contributed by atoms with Crippen molar-refractivity contribution in [2.75, 3.05) is 5.32 Å². The second kappa shape index (κ2) is 5.09. The third kappa shape index (κ3) is 2.80. The first-order valence-electron chi connectivity index (χ1n) is 5.33. The number of nitrogens with one attached hydrogen (secondary N) is 1. The molecule has 1 unspecified atom stereocenters. The summed E-state index contributed by atoms with van der Waals surface area (Å²) in [5.41, 5.74) is 0.0145. The number of rotatable bonds is 4. The number of nitrogens with zero attached hydrogens (tertiary/aromatic N) is 3. The Morgan fingerprint density at radius 2 is 2.22 bits per heavy atom. The van der Waals surface area contributed by atoms with Gasteiger partial charge in [-0.3, -0.25) is 0 Å². The van der Waals surface area contributed by atoms with Crippen LogP contribution in [0.15, 0.2) is 18.2 Å². The molecule has 0 aliphatic heterocycles. The molecule has 0 spiro atoms.